The molecule has 1 aromatic carbocycles. The smallest absolute Gasteiger partial charge is 0.255 e. The van der Waals surface area contributed by atoms with Gasteiger partial charge in [-0.25, -0.2) is 0 Å². The van der Waals surface area contributed by atoms with Crippen LogP contribution in [0.1, 0.15) is 30.9 Å². The number of benzene rings is 1. The molecule has 0 N–H and O–H groups in total. The molecule has 0 saturated carbocycles. The second-order valence-corrected chi connectivity index (χ2v) is 5.39. The van der Waals surface area contributed by atoms with E-state index >= 15 is 0 Å². The molecule has 1 heterocycles. The first kappa shape index (κ1) is 14.9. The van der Waals surface area contributed by atoms with Gasteiger partial charge in [0.25, 0.3) is 5.56 Å². The molecule has 0 spiro atoms. The van der Waals surface area contributed by atoms with Crippen LogP contribution < -0.4 is 5.56 Å². The molecule has 0 unspecified atom stereocenters. The van der Waals surface area contributed by atoms with Gasteiger partial charge in [0.2, 0.25) is 0 Å². The number of hydrogen-bond donors (Lipinski definition) is 1. The number of aromatic nitrogens is 1. The predicted molar refractivity (Wildman–Crippen MR) is 88.5 cm³/mol. The molecule has 2 nitrogen and oxygen atoms in total. The lowest BCUT2D eigenvalue weighted by atomic mass is 10.1. The van der Waals surface area contributed by atoms with Gasteiger partial charge in [-0.3, -0.25) is 4.79 Å². The minimum absolute atomic E-state index is 0.0894. The Morgan fingerprint density at radius 1 is 1.10 bits per heavy atom. The molecule has 2 rings (SSSR count). The highest BCUT2D eigenvalue weighted by molar-refractivity contribution is 7.79. The number of pyridine rings is 1. The maximum atomic E-state index is 12.5. The van der Waals surface area contributed by atoms with Crippen molar-refractivity contribution < 1.29 is 0 Å². The van der Waals surface area contributed by atoms with Gasteiger partial charge in [-0.2, -0.15) is 12.6 Å². The Kier molecular flexibility index (Phi) is 5.07. The lowest BCUT2D eigenvalue weighted by Crippen LogP contribution is -2.24. The van der Waals surface area contributed by atoms with E-state index in [1.807, 2.05) is 16.7 Å². The fraction of sp³-hybridized carbons (Fsp3) is 0.353. The molecule has 0 radical (unpaired) electrons. The van der Waals surface area contributed by atoms with E-state index in [2.05, 4.69) is 50.7 Å². The molecule has 20 heavy (non-hydrogen) atoms. The molecule has 1 aromatic heterocycles. The van der Waals surface area contributed by atoms with Crippen LogP contribution in [-0.4, -0.2) is 4.57 Å². The Hall–Kier alpha value is -1.48. The standard InChI is InChI=1S/C17H21NOS/c1-3-4-11-18-16(10-9-15(12-20)17(18)19)14-7-5-13(2)6-8-14/h5-10,20H,3-4,11-12H2,1-2H3. The number of unbranched alkanes of at least 4 members (excludes halogenated alkanes) is 1. The van der Waals surface area contributed by atoms with Gasteiger partial charge >= 0.3 is 0 Å². The third-order valence-corrected chi connectivity index (χ3v) is 3.85. The molecule has 0 fully saturated rings. The summed E-state index contributed by atoms with van der Waals surface area (Å²) < 4.78 is 1.89. The monoisotopic (exact) mass is 287 g/mol. The van der Waals surface area contributed by atoms with Crippen molar-refractivity contribution in [2.75, 3.05) is 0 Å². The zero-order valence-electron chi connectivity index (χ0n) is 12.1. The molecule has 2 aromatic rings. The van der Waals surface area contributed by atoms with E-state index in [4.69, 9.17) is 0 Å². The lowest BCUT2D eigenvalue weighted by molar-refractivity contribution is 0.616. The van der Waals surface area contributed by atoms with Crippen molar-refractivity contribution in [2.45, 2.75) is 39.0 Å². The van der Waals surface area contributed by atoms with Crippen LogP contribution in [0.4, 0.5) is 0 Å². The second-order valence-electron chi connectivity index (χ2n) is 5.08. The quantitative estimate of drug-likeness (QED) is 0.823. The van der Waals surface area contributed by atoms with E-state index in [1.165, 1.54) is 5.56 Å². The fourth-order valence-corrected chi connectivity index (χ4v) is 2.50. The Labute approximate surface area is 125 Å². The summed E-state index contributed by atoms with van der Waals surface area (Å²) in [7, 11) is 0. The van der Waals surface area contributed by atoms with Crippen LogP contribution in [0.3, 0.4) is 0 Å². The first-order chi connectivity index (χ1) is 9.67. The van der Waals surface area contributed by atoms with Gasteiger partial charge in [0.1, 0.15) is 0 Å². The number of nitrogens with zero attached hydrogens (tertiary/aromatic N) is 1. The summed E-state index contributed by atoms with van der Waals surface area (Å²) in [5, 5.41) is 0. The Bertz CT molecular complexity index is 628. The van der Waals surface area contributed by atoms with Gasteiger partial charge in [0, 0.05) is 17.9 Å². The first-order valence-corrected chi connectivity index (χ1v) is 7.71. The third-order valence-electron chi connectivity index (χ3n) is 3.51. The van der Waals surface area contributed by atoms with Crippen LogP contribution in [0.5, 0.6) is 0 Å². The van der Waals surface area contributed by atoms with Crippen LogP contribution >= 0.6 is 12.6 Å². The molecule has 0 saturated heterocycles. The highest BCUT2D eigenvalue weighted by Crippen LogP contribution is 2.20. The van der Waals surface area contributed by atoms with Gasteiger partial charge in [0.15, 0.2) is 0 Å². The summed E-state index contributed by atoms with van der Waals surface area (Å²) in [6.07, 6.45) is 2.08. The predicted octanol–water partition coefficient (Wildman–Crippen LogP) is 4.05. The minimum Gasteiger partial charge on any atom is -0.308 e. The molecular formula is C17H21NOS. The molecule has 0 atom stereocenters. The zero-order valence-corrected chi connectivity index (χ0v) is 13.0. The van der Waals surface area contributed by atoms with Crippen LogP contribution in [-0.2, 0) is 12.3 Å². The average Bonchev–Trinajstić information content (AvgIpc) is 2.47. The Morgan fingerprint density at radius 3 is 2.40 bits per heavy atom. The number of rotatable bonds is 5. The largest absolute Gasteiger partial charge is 0.308 e. The highest BCUT2D eigenvalue weighted by Gasteiger charge is 2.09. The average molecular weight is 287 g/mol. The van der Waals surface area contributed by atoms with Crippen molar-refractivity contribution in [3.63, 3.8) is 0 Å². The van der Waals surface area contributed by atoms with E-state index in [0.717, 1.165) is 36.2 Å². The minimum atomic E-state index is 0.0894. The van der Waals surface area contributed by atoms with Crippen LogP contribution in [0.25, 0.3) is 11.3 Å². The number of aryl methyl sites for hydroxylation is 1. The summed E-state index contributed by atoms with van der Waals surface area (Å²) in [5.41, 5.74) is 4.17. The maximum Gasteiger partial charge on any atom is 0.255 e. The number of hydrogen-bond acceptors (Lipinski definition) is 2. The normalized spacial score (nSPS) is 10.8. The summed E-state index contributed by atoms with van der Waals surface area (Å²) in [5.74, 6) is 0.485. The molecule has 0 amide bonds. The molecular weight excluding hydrogens is 266 g/mol. The molecule has 0 aliphatic heterocycles. The van der Waals surface area contributed by atoms with E-state index < -0.39 is 0 Å². The van der Waals surface area contributed by atoms with E-state index in [9.17, 15) is 4.79 Å². The molecule has 0 aliphatic rings. The van der Waals surface area contributed by atoms with E-state index in [0.29, 0.717) is 5.75 Å². The molecule has 0 aliphatic carbocycles. The third kappa shape index (κ3) is 3.15. The van der Waals surface area contributed by atoms with Crippen molar-refractivity contribution in [3.05, 3.63) is 57.9 Å². The Morgan fingerprint density at radius 2 is 1.80 bits per heavy atom. The van der Waals surface area contributed by atoms with Gasteiger partial charge in [0.05, 0.1) is 5.69 Å². The van der Waals surface area contributed by atoms with Crippen molar-refractivity contribution in [1.29, 1.82) is 0 Å². The molecule has 3 heteroatoms. The Balaban J connectivity index is 2.54. The van der Waals surface area contributed by atoms with Gasteiger partial charge in [-0.05, 0) is 25.0 Å². The summed E-state index contributed by atoms with van der Waals surface area (Å²) in [4.78, 5) is 12.5. The molecule has 106 valence electrons. The van der Waals surface area contributed by atoms with Crippen molar-refractivity contribution in [1.82, 2.24) is 4.57 Å². The maximum absolute atomic E-state index is 12.5. The van der Waals surface area contributed by atoms with E-state index in [-0.39, 0.29) is 5.56 Å². The summed E-state index contributed by atoms with van der Waals surface area (Å²) >= 11 is 4.24. The number of thiol groups is 1. The van der Waals surface area contributed by atoms with E-state index in [1.54, 1.807) is 0 Å². The van der Waals surface area contributed by atoms with Gasteiger partial charge < -0.3 is 4.57 Å². The fourth-order valence-electron chi connectivity index (χ4n) is 2.26. The summed E-state index contributed by atoms with van der Waals surface area (Å²) in [6, 6.07) is 12.2. The highest BCUT2D eigenvalue weighted by atomic mass is 32.1. The van der Waals surface area contributed by atoms with Crippen molar-refractivity contribution >= 4 is 12.6 Å². The topological polar surface area (TPSA) is 22.0 Å². The van der Waals surface area contributed by atoms with Crippen molar-refractivity contribution in [3.8, 4) is 11.3 Å². The van der Waals surface area contributed by atoms with Crippen molar-refractivity contribution in [2.24, 2.45) is 0 Å². The lowest BCUT2D eigenvalue weighted by Gasteiger charge is -2.14. The first-order valence-electron chi connectivity index (χ1n) is 7.08. The van der Waals surface area contributed by atoms with Gasteiger partial charge in [-0.15, -0.1) is 0 Å². The van der Waals surface area contributed by atoms with Crippen LogP contribution in [0.2, 0.25) is 0 Å². The SMILES string of the molecule is CCCCn1c(-c2ccc(C)cc2)ccc(CS)c1=O. The second kappa shape index (κ2) is 6.80. The van der Waals surface area contributed by atoms with Gasteiger partial charge in [-0.1, -0.05) is 49.2 Å². The molecule has 0 bridgehead atoms. The van der Waals surface area contributed by atoms with Crippen LogP contribution in [0, 0.1) is 6.92 Å². The zero-order chi connectivity index (χ0) is 14.5. The van der Waals surface area contributed by atoms with Crippen LogP contribution in [0.15, 0.2) is 41.2 Å². The summed E-state index contributed by atoms with van der Waals surface area (Å²) in [6.45, 7) is 4.97.